The molecule has 1 fully saturated rings. The molecule has 7 atom stereocenters. The third-order valence-electron chi connectivity index (χ3n) is 13.9. The topological polar surface area (TPSA) is 175 Å². The van der Waals surface area contributed by atoms with E-state index in [4.69, 9.17) is 14.2 Å². The number of esters is 1. The Morgan fingerprint density at radius 3 is 1.42 bits per heavy atom. The number of aliphatic hydroxyl groups is 5. The number of carbonyl (C=O) groups is 2. The molecule has 0 saturated carbocycles. The van der Waals surface area contributed by atoms with E-state index in [1.165, 1.54) is 148 Å². The van der Waals surface area contributed by atoms with Crippen molar-refractivity contribution < 1.29 is 49.3 Å². The normalized spacial score (nSPS) is 19.3. The summed E-state index contributed by atoms with van der Waals surface area (Å²) in [5.74, 6) is -0.231. The van der Waals surface area contributed by atoms with E-state index in [0.717, 1.165) is 89.9 Å². The number of hydrogen-bond acceptors (Lipinski definition) is 10. The van der Waals surface area contributed by atoms with Crippen LogP contribution in [0.15, 0.2) is 48.6 Å². The molecular weight excluding hydrogens is 907 g/mol. The molecule has 420 valence electrons. The lowest BCUT2D eigenvalue weighted by Gasteiger charge is -2.40. The summed E-state index contributed by atoms with van der Waals surface area (Å²) in [6.07, 6.45) is 53.4. The maximum Gasteiger partial charge on any atom is 0.305 e. The van der Waals surface area contributed by atoms with E-state index in [-0.39, 0.29) is 18.5 Å². The first-order valence-electron chi connectivity index (χ1n) is 29.9. The Hall–Kier alpha value is -2.38. The molecule has 72 heavy (non-hydrogen) atoms. The van der Waals surface area contributed by atoms with Gasteiger partial charge in [-0.3, -0.25) is 9.59 Å². The molecule has 0 bridgehead atoms. The molecule has 1 amide bonds. The minimum atomic E-state index is -1.58. The number of allylic oxidation sites excluding steroid dienone is 7. The SMILES string of the molecule is CCCC/C=C\CCCCCCCC(=O)OCCCCCCCCCCC/C=C\CCCCCCCC(=O)NC(COC1OC(CO)C(O)C(O)C1O)C(O)/C=C/CC/C=C/CCCCCCCCCCC. The lowest BCUT2D eigenvalue weighted by molar-refractivity contribution is -0.302. The standard InChI is InChI=1S/C61H111NO10/c1-3-5-7-9-11-13-15-16-21-24-28-31-35-39-43-47-54(64)53(52-71-61-60(69)59(68)58(67)55(51-63)72-61)62-56(65)48-44-40-36-32-29-25-22-19-17-18-20-23-26-30-34-38-42-46-50-70-57(66)49-45-41-37-33-27-14-12-10-8-6-4-2/h10,12,19,22,28,31,43,47,53-55,58-61,63-64,67-69H,3-9,11,13-18,20-21,23-27,29-30,32-42,44-46,48-52H2,1-2H3,(H,62,65)/b12-10-,22-19-,31-28+,47-43+. The molecule has 0 spiro atoms. The molecule has 7 unspecified atom stereocenters. The van der Waals surface area contributed by atoms with Gasteiger partial charge in [0.15, 0.2) is 6.29 Å². The fourth-order valence-corrected chi connectivity index (χ4v) is 9.07. The first kappa shape index (κ1) is 67.6. The number of carbonyl (C=O) groups excluding carboxylic acids is 2. The van der Waals surface area contributed by atoms with Gasteiger partial charge in [0.25, 0.3) is 0 Å². The molecule has 1 heterocycles. The van der Waals surface area contributed by atoms with Crippen molar-refractivity contribution in [3.63, 3.8) is 0 Å². The van der Waals surface area contributed by atoms with Crippen LogP contribution in [0, 0.1) is 0 Å². The molecule has 1 aliphatic heterocycles. The van der Waals surface area contributed by atoms with Crippen LogP contribution in [0.1, 0.15) is 264 Å². The predicted molar refractivity (Wildman–Crippen MR) is 297 cm³/mol. The largest absolute Gasteiger partial charge is 0.466 e. The van der Waals surface area contributed by atoms with Gasteiger partial charge in [-0.15, -0.1) is 0 Å². The molecule has 6 N–H and O–H groups in total. The van der Waals surface area contributed by atoms with Crippen molar-refractivity contribution in [2.24, 2.45) is 0 Å². The maximum atomic E-state index is 13.0. The minimum absolute atomic E-state index is 0.0250. The van der Waals surface area contributed by atoms with Crippen molar-refractivity contribution >= 4 is 11.9 Å². The molecule has 0 aromatic carbocycles. The summed E-state index contributed by atoms with van der Waals surface area (Å²) in [6, 6.07) is -0.839. The van der Waals surface area contributed by atoms with E-state index in [2.05, 4.69) is 55.6 Å². The van der Waals surface area contributed by atoms with E-state index in [0.29, 0.717) is 19.4 Å². The molecule has 1 aliphatic rings. The molecule has 0 aliphatic carbocycles. The first-order valence-corrected chi connectivity index (χ1v) is 29.9. The highest BCUT2D eigenvalue weighted by Gasteiger charge is 2.44. The van der Waals surface area contributed by atoms with Crippen LogP contribution in [0.2, 0.25) is 0 Å². The van der Waals surface area contributed by atoms with Crippen LogP contribution < -0.4 is 5.32 Å². The van der Waals surface area contributed by atoms with Crippen molar-refractivity contribution in [3.8, 4) is 0 Å². The van der Waals surface area contributed by atoms with Crippen LogP contribution in [0.3, 0.4) is 0 Å². The summed E-state index contributed by atoms with van der Waals surface area (Å²) in [5, 5.41) is 54.4. The van der Waals surface area contributed by atoms with E-state index in [1.54, 1.807) is 6.08 Å². The third kappa shape index (κ3) is 40.0. The van der Waals surface area contributed by atoms with Crippen molar-refractivity contribution in [2.45, 2.75) is 307 Å². The van der Waals surface area contributed by atoms with Crippen LogP contribution in [0.4, 0.5) is 0 Å². The van der Waals surface area contributed by atoms with Crippen LogP contribution in [0.25, 0.3) is 0 Å². The van der Waals surface area contributed by atoms with Gasteiger partial charge in [-0.1, -0.05) is 210 Å². The van der Waals surface area contributed by atoms with Crippen LogP contribution in [-0.4, -0.2) is 100 Å². The smallest absolute Gasteiger partial charge is 0.305 e. The fourth-order valence-electron chi connectivity index (χ4n) is 9.07. The second kappa shape index (κ2) is 50.8. The highest BCUT2D eigenvalue weighted by molar-refractivity contribution is 5.76. The van der Waals surface area contributed by atoms with Gasteiger partial charge < -0.3 is 45.1 Å². The molecule has 1 rings (SSSR count). The number of nitrogens with one attached hydrogen (secondary N) is 1. The number of ether oxygens (including phenoxy) is 3. The fraction of sp³-hybridized carbons (Fsp3) is 0.836. The van der Waals surface area contributed by atoms with Gasteiger partial charge >= 0.3 is 5.97 Å². The number of amides is 1. The number of unbranched alkanes of at least 4 members (excludes halogenated alkanes) is 31. The highest BCUT2D eigenvalue weighted by Crippen LogP contribution is 2.23. The minimum Gasteiger partial charge on any atom is -0.466 e. The Morgan fingerprint density at radius 2 is 0.917 bits per heavy atom. The second-order valence-corrected chi connectivity index (χ2v) is 20.7. The van der Waals surface area contributed by atoms with E-state index < -0.39 is 49.5 Å². The Kier molecular flexibility index (Phi) is 47.7. The molecular formula is C61H111NO10. The summed E-state index contributed by atoms with van der Waals surface area (Å²) >= 11 is 0. The summed E-state index contributed by atoms with van der Waals surface area (Å²) in [6.45, 7) is 4.26. The third-order valence-corrected chi connectivity index (χ3v) is 13.9. The van der Waals surface area contributed by atoms with Gasteiger partial charge in [0.2, 0.25) is 5.91 Å². The van der Waals surface area contributed by atoms with Crippen LogP contribution in [0.5, 0.6) is 0 Å². The first-order chi connectivity index (χ1) is 35.2. The summed E-state index contributed by atoms with van der Waals surface area (Å²) in [7, 11) is 0. The Bertz CT molecular complexity index is 1340. The van der Waals surface area contributed by atoms with Gasteiger partial charge in [-0.2, -0.15) is 0 Å². The van der Waals surface area contributed by atoms with Crippen LogP contribution in [-0.2, 0) is 23.8 Å². The average molecular weight is 1020 g/mol. The predicted octanol–water partition coefficient (Wildman–Crippen LogP) is 13.7. The summed E-state index contributed by atoms with van der Waals surface area (Å²) in [4.78, 5) is 25.1. The van der Waals surface area contributed by atoms with Crippen molar-refractivity contribution in [2.75, 3.05) is 19.8 Å². The maximum absolute atomic E-state index is 13.0. The zero-order valence-electron chi connectivity index (χ0n) is 46.1. The second-order valence-electron chi connectivity index (χ2n) is 20.7. The molecule has 1 saturated heterocycles. The zero-order chi connectivity index (χ0) is 52.4. The molecule has 0 radical (unpaired) electrons. The lowest BCUT2D eigenvalue weighted by atomic mass is 9.99. The Morgan fingerprint density at radius 1 is 0.500 bits per heavy atom. The van der Waals surface area contributed by atoms with Gasteiger partial charge in [-0.25, -0.2) is 0 Å². The van der Waals surface area contributed by atoms with Gasteiger partial charge in [-0.05, 0) is 89.9 Å². The molecule has 11 nitrogen and oxygen atoms in total. The van der Waals surface area contributed by atoms with Gasteiger partial charge in [0.05, 0.1) is 32.0 Å². The quantitative estimate of drug-likeness (QED) is 0.0195. The monoisotopic (exact) mass is 1020 g/mol. The summed E-state index contributed by atoms with van der Waals surface area (Å²) < 4.78 is 16.7. The van der Waals surface area contributed by atoms with E-state index in [9.17, 15) is 35.1 Å². The van der Waals surface area contributed by atoms with Gasteiger partial charge in [0, 0.05) is 12.8 Å². The van der Waals surface area contributed by atoms with Crippen molar-refractivity contribution in [3.05, 3.63) is 48.6 Å². The average Bonchev–Trinajstić information content (AvgIpc) is 3.38. The highest BCUT2D eigenvalue weighted by atomic mass is 16.7. The Balaban J connectivity index is 2.15. The number of aliphatic hydroxyl groups excluding tert-OH is 5. The number of rotatable bonds is 51. The number of hydrogen-bond donors (Lipinski definition) is 6. The van der Waals surface area contributed by atoms with Crippen LogP contribution >= 0.6 is 0 Å². The molecule has 0 aromatic rings. The summed E-state index contributed by atoms with van der Waals surface area (Å²) in [5.41, 5.74) is 0. The zero-order valence-corrected chi connectivity index (χ0v) is 46.1. The van der Waals surface area contributed by atoms with Crippen molar-refractivity contribution in [1.82, 2.24) is 5.32 Å². The van der Waals surface area contributed by atoms with E-state index >= 15 is 0 Å². The van der Waals surface area contributed by atoms with Crippen molar-refractivity contribution in [1.29, 1.82) is 0 Å². The Labute approximate surface area is 440 Å². The molecule has 11 heteroatoms. The molecule has 0 aromatic heterocycles. The lowest BCUT2D eigenvalue weighted by Crippen LogP contribution is -2.60. The van der Waals surface area contributed by atoms with E-state index in [1.807, 2.05) is 6.08 Å². The van der Waals surface area contributed by atoms with Gasteiger partial charge in [0.1, 0.15) is 24.4 Å².